The molecule has 0 spiro atoms. The molecule has 4 amide bonds. The molecule has 156 valence electrons. The molecule has 0 bridgehead atoms. The van der Waals surface area contributed by atoms with E-state index in [1.54, 1.807) is 54.6 Å². The van der Waals surface area contributed by atoms with Crippen LogP contribution in [0, 0.1) is 0 Å². The van der Waals surface area contributed by atoms with Gasteiger partial charge in [-0.1, -0.05) is 48.5 Å². The van der Waals surface area contributed by atoms with E-state index in [0.717, 1.165) is 18.4 Å². The quantitative estimate of drug-likeness (QED) is 0.578. The lowest BCUT2D eigenvalue weighted by molar-refractivity contribution is -0.148. The number of hydrogen-bond acceptors (Lipinski definition) is 5. The van der Waals surface area contributed by atoms with Crippen LogP contribution in [0.3, 0.4) is 0 Å². The van der Waals surface area contributed by atoms with Gasteiger partial charge in [-0.2, -0.15) is 0 Å². The standard InChI is InChI=1S/C22H23N3O5/c26-19(25-22(29)23-17-11-12-17)14-30-20(27)13-18(15-7-3-1-4-8-15)24-21(28)16-9-5-2-6-10-16/h1-10,17-18H,11-14H2,(H,24,28)(H2,23,25,26,29)/t18-/m0/s1. The van der Waals surface area contributed by atoms with E-state index in [4.69, 9.17) is 4.74 Å². The van der Waals surface area contributed by atoms with Gasteiger partial charge in [0, 0.05) is 11.6 Å². The number of carbonyl (C=O) groups is 4. The Morgan fingerprint density at radius 3 is 2.20 bits per heavy atom. The predicted octanol–water partition coefficient (Wildman–Crippen LogP) is 2.08. The summed E-state index contributed by atoms with van der Waals surface area (Å²) >= 11 is 0. The highest BCUT2D eigenvalue weighted by Crippen LogP contribution is 2.19. The molecule has 0 aliphatic heterocycles. The fraction of sp³-hybridized carbons (Fsp3) is 0.273. The summed E-state index contributed by atoms with van der Waals surface area (Å²) in [5.74, 6) is -1.72. The van der Waals surface area contributed by atoms with Crippen LogP contribution >= 0.6 is 0 Å². The largest absolute Gasteiger partial charge is 0.455 e. The molecule has 1 atom stereocenters. The van der Waals surface area contributed by atoms with Gasteiger partial charge in [0.25, 0.3) is 11.8 Å². The Labute approximate surface area is 174 Å². The van der Waals surface area contributed by atoms with Crippen LogP contribution in [0.15, 0.2) is 60.7 Å². The maximum absolute atomic E-state index is 12.5. The van der Waals surface area contributed by atoms with Crippen molar-refractivity contribution >= 4 is 23.8 Å². The van der Waals surface area contributed by atoms with Crippen molar-refractivity contribution in [2.75, 3.05) is 6.61 Å². The van der Waals surface area contributed by atoms with Gasteiger partial charge in [-0.25, -0.2) is 4.79 Å². The van der Waals surface area contributed by atoms with Crippen molar-refractivity contribution in [2.24, 2.45) is 0 Å². The predicted molar refractivity (Wildman–Crippen MR) is 108 cm³/mol. The molecule has 1 saturated carbocycles. The molecular formula is C22H23N3O5. The zero-order valence-electron chi connectivity index (χ0n) is 16.3. The van der Waals surface area contributed by atoms with Gasteiger partial charge in [-0.15, -0.1) is 0 Å². The van der Waals surface area contributed by atoms with Crippen molar-refractivity contribution in [3.8, 4) is 0 Å². The van der Waals surface area contributed by atoms with Crippen LogP contribution in [0.2, 0.25) is 0 Å². The maximum atomic E-state index is 12.5. The highest BCUT2D eigenvalue weighted by Gasteiger charge is 2.24. The third-order valence-corrected chi connectivity index (χ3v) is 4.44. The fourth-order valence-electron chi connectivity index (χ4n) is 2.75. The summed E-state index contributed by atoms with van der Waals surface area (Å²) in [5, 5.41) is 7.54. The number of esters is 1. The van der Waals surface area contributed by atoms with Gasteiger partial charge in [0.2, 0.25) is 0 Å². The van der Waals surface area contributed by atoms with Gasteiger partial charge >= 0.3 is 12.0 Å². The summed E-state index contributed by atoms with van der Waals surface area (Å²) in [6.07, 6.45) is 1.63. The van der Waals surface area contributed by atoms with Gasteiger partial charge in [0.05, 0.1) is 12.5 Å². The van der Waals surface area contributed by atoms with Crippen molar-refractivity contribution in [3.05, 3.63) is 71.8 Å². The first-order valence-corrected chi connectivity index (χ1v) is 9.68. The third-order valence-electron chi connectivity index (χ3n) is 4.44. The number of rotatable bonds is 8. The summed E-state index contributed by atoms with van der Waals surface area (Å²) in [6, 6.07) is 16.5. The molecule has 8 nitrogen and oxygen atoms in total. The van der Waals surface area contributed by atoms with E-state index in [1.165, 1.54) is 0 Å². The average molecular weight is 409 g/mol. The van der Waals surface area contributed by atoms with E-state index >= 15 is 0 Å². The third kappa shape index (κ3) is 6.73. The van der Waals surface area contributed by atoms with E-state index in [0.29, 0.717) is 5.56 Å². The van der Waals surface area contributed by atoms with Crippen LogP contribution in [-0.4, -0.2) is 36.5 Å². The number of hydrogen-bond donors (Lipinski definition) is 3. The fourth-order valence-corrected chi connectivity index (χ4v) is 2.75. The van der Waals surface area contributed by atoms with Crippen molar-refractivity contribution in [3.63, 3.8) is 0 Å². The Kier molecular flexibility index (Phi) is 7.15. The molecule has 0 aromatic heterocycles. The van der Waals surface area contributed by atoms with Crippen LogP contribution in [0.4, 0.5) is 4.79 Å². The molecule has 1 aliphatic carbocycles. The number of amides is 4. The lowest BCUT2D eigenvalue weighted by Crippen LogP contribution is -2.42. The number of ether oxygens (including phenoxy) is 1. The Hall–Kier alpha value is -3.68. The van der Waals surface area contributed by atoms with Gasteiger partial charge in [-0.3, -0.25) is 19.7 Å². The molecule has 3 rings (SSSR count). The molecule has 30 heavy (non-hydrogen) atoms. The summed E-state index contributed by atoms with van der Waals surface area (Å²) in [5.41, 5.74) is 1.19. The molecule has 1 fully saturated rings. The monoisotopic (exact) mass is 409 g/mol. The molecule has 1 aliphatic rings. The highest BCUT2D eigenvalue weighted by atomic mass is 16.5. The molecule has 0 saturated heterocycles. The number of imide groups is 1. The van der Waals surface area contributed by atoms with Crippen LogP contribution in [-0.2, 0) is 14.3 Å². The summed E-state index contributed by atoms with van der Waals surface area (Å²) in [7, 11) is 0. The van der Waals surface area contributed by atoms with E-state index in [1.807, 2.05) is 6.07 Å². The number of benzene rings is 2. The SMILES string of the molecule is O=C(COC(=O)C[C@H](NC(=O)c1ccccc1)c1ccccc1)NC(=O)NC1CC1. The number of carbonyl (C=O) groups excluding carboxylic acids is 4. The van der Waals surface area contributed by atoms with Gasteiger partial charge < -0.3 is 15.4 Å². The Morgan fingerprint density at radius 1 is 0.933 bits per heavy atom. The normalized spacial score (nSPS) is 13.6. The molecule has 0 radical (unpaired) electrons. The van der Waals surface area contributed by atoms with Crippen LogP contribution < -0.4 is 16.0 Å². The smallest absolute Gasteiger partial charge is 0.321 e. The Morgan fingerprint density at radius 2 is 1.57 bits per heavy atom. The van der Waals surface area contributed by atoms with Crippen LogP contribution in [0.5, 0.6) is 0 Å². The minimum Gasteiger partial charge on any atom is -0.455 e. The average Bonchev–Trinajstić information content (AvgIpc) is 3.57. The van der Waals surface area contributed by atoms with Crippen molar-refractivity contribution < 1.29 is 23.9 Å². The topological polar surface area (TPSA) is 114 Å². The minimum atomic E-state index is -0.717. The van der Waals surface area contributed by atoms with E-state index in [9.17, 15) is 19.2 Å². The first-order valence-electron chi connectivity index (χ1n) is 9.68. The second-order valence-electron chi connectivity index (χ2n) is 6.96. The second kappa shape index (κ2) is 10.2. The van der Waals surface area contributed by atoms with Crippen LogP contribution in [0.25, 0.3) is 0 Å². The zero-order valence-corrected chi connectivity index (χ0v) is 16.3. The molecule has 0 heterocycles. The minimum absolute atomic E-state index is 0.111. The molecule has 2 aromatic carbocycles. The molecule has 8 heteroatoms. The maximum Gasteiger partial charge on any atom is 0.321 e. The summed E-state index contributed by atoms with van der Waals surface area (Å²) < 4.78 is 4.98. The molecule has 2 aromatic rings. The Balaban J connectivity index is 1.54. The van der Waals surface area contributed by atoms with Crippen molar-refractivity contribution in [1.29, 1.82) is 0 Å². The van der Waals surface area contributed by atoms with Crippen molar-refractivity contribution in [2.45, 2.75) is 31.3 Å². The number of urea groups is 1. The van der Waals surface area contributed by atoms with Gasteiger partial charge in [0.1, 0.15) is 0 Å². The van der Waals surface area contributed by atoms with E-state index in [-0.39, 0.29) is 18.4 Å². The van der Waals surface area contributed by atoms with Gasteiger partial charge in [0.15, 0.2) is 6.61 Å². The summed E-state index contributed by atoms with van der Waals surface area (Å²) in [6.45, 7) is -0.578. The molecule has 0 unspecified atom stereocenters. The molecular weight excluding hydrogens is 386 g/mol. The summed E-state index contributed by atoms with van der Waals surface area (Å²) in [4.78, 5) is 48.1. The van der Waals surface area contributed by atoms with Crippen molar-refractivity contribution in [1.82, 2.24) is 16.0 Å². The zero-order chi connectivity index (χ0) is 21.3. The van der Waals surface area contributed by atoms with Crippen LogP contribution in [0.1, 0.15) is 41.2 Å². The van der Waals surface area contributed by atoms with E-state index in [2.05, 4.69) is 16.0 Å². The first kappa shape index (κ1) is 21.0. The molecule has 3 N–H and O–H groups in total. The highest BCUT2D eigenvalue weighted by molar-refractivity contribution is 5.96. The second-order valence-corrected chi connectivity index (χ2v) is 6.96. The lowest BCUT2D eigenvalue weighted by atomic mass is 10.0. The lowest BCUT2D eigenvalue weighted by Gasteiger charge is -2.18. The Bertz CT molecular complexity index is 898. The van der Waals surface area contributed by atoms with E-state index < -0.39 is 30.6 Å². The van der Waals surface area contributed by atoms with Gasteiger partial charge in [-0.05, 0) is 30.5 Å². The first-order chi connectivity index (χ1) is 14.5. The number of nitrogens with one attached hydrogen (secondary N) is 3.